The number of carbonyl (C=O) groups is 1. The van der Waals surface area contributed by atoms with Crippen molar-refractivity contribution < 1.29 is 28.2 Å². The third kappa shape index (κ3) is 2.37. The third-order valence-electron chi connectivity index (χ3n) is 4.32. The number of nitrogens with zero attached hydrogens (tertiary/aromatic N) is 2. The minimum absolute atomic E-state index is 0.124. The maximum Gasteiger partial charge on any atom is 0.439 e. The number of hydrogen-bond acceptors (Lipinski definition) is 4. The molecule has 0 aromatic heterocycles. The first kappa shape index (κ1) is 15.8. The van der Waals surface area contributed by atoms with Gasteiger partial charge in [-0.05, 0) is 37.5 Å². The Kier molecular flexibility index (Phi) is 3.59. The van der Waals surface area contributed by atoms with E-state index in [9.17, 15) is 28.2 Å². The number of alkyl halides is 3. The summed E-state index contributed by atoms with van der Waals surface area (Å²) < 4.78 is 40.7. The predicted octanol–water partition coefficient (Wildman–Crippen LogP) is 2.65. The zero-order chi connectivity index (χ0) is 16.8. The number of hydrogen-bond donors (Lipinski definition) is 2. The molecule has 23 heavy (non-hydrogen) atoms. The smallest absolute Gasteiger partial charge is 0.439 e. The van der Waals surface area contributed by atoms with E-state index >= 15 is 0 Å². The summed E-state index contributed by atoms with van der Waals surface area (Å²) in [4.78, 5) is 12.5. The van der Waals surface area contributed by atoms with Crippen molar-refractivity contribution in [3.05, 3.63) is 29.8 Å². The summed E-state index contributed by atoms with van der Waals surface area (Å²) in [5, 5.41) is 23.7. The zero-order valence-corrected chi connectivity index (χ0v) is 12.0. The largest absolute Gasteiger partial charge is 0.508 e. The summed E-state index contributed by atoms with van der Waals surface area (Å²) in [5.74, 6) is -2.59. The van der Waals surface area contributed by atoms with Crippen molar-refractivity contribution in [3.63, 3.8) is 0 Å². The van der Waals surface area contributed by atoms with Crippen LogP contribution in [0.25, 0.3) is 0 Å². The van der Waals surface area contributed by atoms with E-state index < -0.39 is 23.7 Å². The number of rotatable bonds is 1. The highest BCUT2D eigenvalue weighted by Gasteiger charge is 2.68. The molecule has 2 atom stereocenters. The van der Waals surface area contributed by atoms with Crippen LogP contribution in [0.15, 0.2) is 29.4 Å². The van der Waals surface area contributed by atoms with Gasteiger partial charge in [0.1, 0.15) is 5.75 Å². The van der Waals surface area contributed by atoms with Crippen LogP contribution >= 0.6 is 0 Å². The molecular weight excluding hydrogens is 313 g/mol. The Morgan fingerprint density at radius 2 is 2.09 bits per heavy atom. The average Bonchev–Trinajstić information content (AvgIpc) is 2.81. The normalized spacial score (nSPS) is 27.6. The van der Waals surface area contributed by atoms with Gasteiger partial charge in [0.25, 0.3) is 11.6 Å². The molecule has 1 aliphatic heterocycles. The van der Waals surface area contributed by atoms with Gasteiger partial charge in [-0.3, -0.25) is 4.79 Å². The minimum Gasteiger partial charge on any atom is -0.508 e. The quantitative estimate of drug-likeness (QED) is 0.832. The molecule has 2 aliphatic rings. The maximum atomic E-state index is 13.6. The van der Waals surface area contributed by atoms with Crippen LogP contribution in [0.3, 0.4) is 0 Å². The molecule has 0 bridgehead atoms. The Labute approximate surface area is 130 Å². The molecule has 124 valence electrons. The molecular formula is C15H15F3N2O3. The fraction of sp³-hybridized carbons (Fsp3) is 0.467. The molecule has 1 aliphatic carbocycles. The SMILES string of the molecule is O=C(c1cccc(O)c1)N1N=C2CCCC[C@H]2[C@@]1(O)C(F)(F)F. The van der Waals surface area contributed by atoms with Crippen LogP contribution in [0.1, 0.15) is 36.0 Å². The fourth-order valence-corrected chi connectivity index (χ4v) is 3.18. The lowest BCUT2D eigenvalue weighted by Crippen LogP contribution is -2.61. The van der Waals surface area contributed by atoms with Crippen molar-refractivity contribution in [3.8, 4) is 5.75 Å². The van der Waals surface area contributed by atoms with Crippen molar-refractivity contribution in [2.45, 2.75) is 37.6 Å². The second-order valence-electron chi connectivity index (χ2n) is 5.78. The molecule has 1 aromatic rings. The van der Waals surface area contributed by atoms with Crippen LogP contribution in [0, 0.1) is 5.92 Å². The molecule has 1 fully saturated rings. The van der Waals surface area contributed by atoms with E-state index in [0.29, 0.717) is 19.3 Å². The number of carbonyl (C=O) groups excluding carboxylic acids is 1. The summed E-state index contributed by atoms with van der Waals surface area (Å²) in [6.45, 7) is 0. The third-order valence-corrected chi connectivity index (χ3v) is 4.32. The zero-order valence-electron chi connectivity index (χ0n) is 12.0. The van der Waals surface area contributed by atoms with Gasteiger partial charge < -0.3 is 10.2 Å². The second kappa shape index (κ2) is 5.23. The Balaban J connectivity index is 2.05. The van der Waals surface area contributed by atoms with Crippen molar-refractivity contribution in [2.24, 2.45) is 11.0 Å². The van der Waals surface area contributed by atoms with Crippen LogP contribution in [0.2, 0.25) is 0 Å². The van der Waals surface area contributed by atoms with E-state index in [-0.39, 0.29) is 28.5 Å². The highest BCUT2D eigenvalue weighted by atomic mass is 19.4. The predicted molar refractivity (Wildman–Crippen MR) is 74.7 cm³/mol. The van der Waals surface area contributed by atoms with Crippen molar-refractivity contribution in [1.29, 1.82) is 0 Å². The fourth-order valence-electron chi connectivity index (χ4n) is 3.18. The lowest BCUT2D eigenvalue weighted by molar-refractivity contribution is -0.312. The summed E-state index contributed by atoms with van der Waals surface area (Å²) in [6, 6.07) is 4.94. The maximum absolute atomic E-state index is 13.6. The van der Waals surface area contributed by atoms with Crippen LogP contribution in [0.4, 0.5) is 13.2 Å². The molecule has 8 heteroatoms. The van der Waals surface area contributed by atoms with E-state index in [0.717, 1.165) is 6.07 Å². The Hall–Kier alpha value is -2.09. The van der Waals surface area contributed by atoms with E-state index in [1.807, 2.05) is 0 Å². The molecule has 0 saturated heterocycles. The molecule has 2 N–H and O–H groups in total. The second-order valence-corrected chi connectivity index (χ2v) is 5.78. The Morgan fingerprint density at radius 1 is 1.35 bits per heavy atom. The van der Waals surface area contributed by atoms with Gasteiger partial charge in [-0.2, -0.15) is 23.3 Å². The van der Waals surface area contributed by atoms with E-state index in [2.05, 4.69) is 5.10 Å². The van der Waals surface area contributed by atoms with Crippen molar-refractivity contribution in [1.82, 2.24) is 5.01 Å². The Morgan fingerprint density at radius 3 is 2.74 bits per heavy atom. The highest BCUT2D eigenvalue weighted by molar-refractivity contribution is 5.99. The lowest BCUT2D eigenvalue weighted by Gasteiger charge is -2.38. The van der Waals surface area contributed by atoms with Crippen molar-refractivity contribution in [2.75, 3.05) is 0 Å². The van der Waals surface area contributed by atoms with Crippen LogP contribution in [-0.4, -0.2) is 38.7 Å². The van der Waals surface area contributed by atoms with Gasteiger partial charge in [0.15, 0.2) is 0 Å². The molecule has 1 saturated carbocycles. The lowest BCUT2D eigenvalue weighted by atomic mass is 9.80. The number of benzene rings is 1. The van der Waals surface area contributed by atoms with Gasteiger partial charge in [0, 0.05) is 11.3 Å². The van der Waals surface area contributed by atoms with Crippen LogP contribution in [-0.2, 0) is 0 Å². The van der Waals surface area contributed by atoms with Crippen molar-refractivity contribution >= 4 is 11.6 Å². The first-order chi connectivity index (χ1) is 10.7. The van der Waals surface area contributed by atoms with Gasteiger partial charge >= 0.3 is 6.18 Å². The number of hydrazone groups is 1. The van der Waals surface area contributed by atoms with Gasteiger partial charge in [0.2, 0.25) is 0 Å². The monoisotopic (exact) mass is 328 g/mol. The van der Waals surface area contributed by atoms with Gasteiger partial charge in [-0.15, -0.1) is 0 Å². The number of phenolic OH excluding ortho intramolecular Hbond substituents is 1. The topological polar surface area (TPSA) is 73.1 Å². The first-order valence-electron chi connectivity index (χ1n) is 7.25. The summed E-state index contributed by atoms with van der Waals surface area (Å²) in [6.07, 6.45) is -3.37. The van der Waals surface area contributed by atoms with Crippen LogP contribution < -0.4 is 0 Å². The molecule has 1 amide bonds. The number of phenols is 1. The molecule has 0 radical (unpaired) electrons. The molecule has 0 unspecified atom stereocenters. The van der Waals surface area contributed by atoms with E-state index in [1.54, 1.807) is 0 Å². The number of aliphatic hydroxyl groups is 1. The highest BCUT2D eigenvalue weighted by Crippen LogP contribution is 2.48. The average molecular weight is 328 g/mol. The Bertz CT molecular complexity index is 674. The number of aromatic hydroxyl groups is 1. The summed E-state index contributed by atoms with van der Waals surface area (Å²) in [5.41, 5.74) is -3.31. The molecule has 1 aromatic carbocycles. The number of fused-ring (bicyclic) bond motifs is 1. The number of amides is 1. The van der Waals surface area contributed by atoms with Crippen LogP contribution in [0.5, 0.6) is 5.75 Å². The summed E-state index contributed by atoms with van der Waals surface area (Å²) in [7, 11) is 0. The van der Waals surface area contributed by atoms with E-state index in [4.69, 9.17) is 0 Å². The minimum atomic E-state index is -5.03. The standard InChI is InChI=1S/C15H15F3N2O3/c16-15(17,18)14(23)11-6-1-2-7-12(11)19-20(14)13(22)9-4-3-5-10(21)8-9/h3-5,8,11,21,23H,1-2,6-7H2/t11-,14-/m1/s1. The van der Waals surface area contributed by atoms with E-state index in [1.165, 1.54) is 18.2 Å². The van der Waals surface area contributed by atoms with Gasteiger partial charge in [-0.1, -0.05) is 12.5 Å². The molecule has 3 rings (SSSR count). The summed E-state index contributed by atoms with van der Waals surface area (Å²) >= 11 is 0. The molecule has 5 nitrogen and oxygen atoms in total. The molecule has 0 spiro atoms. The first-order valence-corrected chi connectivity index (χ1v) is 7.25. The molecule has 1 heterocycles. The van der Waals surface area contributed by atoms with Gasteiger partial charge in [0.05, 0.1) is 5.92 Å². The number of halogens is 3. The van der Waals surface area contributed by atoms with Gasteiger partial charge in [-0.25, -0.2) is 0 Å².